The average molecular weight is 331 g/mol. The number of amides is 1. The fraction of sp³-hybridized carbons (Fsp3) is 0.500. The molecular weight excluding hydrogens is 310 g/mol. The van der Waals surface area contributed by atoms with Crippen molar-refractivity contribution < 1.29 is 14.3 Å². The molecule has 1 aliphatic heterocycles. The van der Waals surface area contributed by atoms with Crippen LogP contribution >= 0.6 is 0 Å². The third-order valence-corrected chi connectivity index (χ3v) is 3.95. The third-order valence-electron chi connectivity index (χ3n) is 3.95. The van der Waals surface area contributed by atoms with E-state index in [2.05, 4.69) is 15.2 Å². The molecule has 8 heteroatoms. The standard InChI is InChI=1S/C16H21N5O3/c1-3-20-11-18-19-15(20)14-10-21(7-8-23-14)16(22)12(2)24-13-5-4-6-17-9-13/h4-6,9,11-12,14H,3,7-8,10H2,1-2H3/t12-,14-/m1/s1. The summed E-state index contributed by atoms with van der Waals surface area (Å²) in [4.78, 5) is 18.4. The number of hydrogen-bond acceptors (Lipinski definition) is 6. The molecule has 0 aromatic carbocycles. The zero-order valence-corrected chi connectivity index (χ0v) is 13.8. The Morgan fingerprint density at radius 3 is 3.17 bits per heavy atom. The van der Waals surface area contributed by atoms with Crippen LogP contribution in [0.3, 0.4) is 0 Å². The SMILES string of the molecule is CCn1cnnc1[C@H]1CN(C(=O)[C@@H](C)Oc2cccnc2)CCO1. The van der Waals surface area contributed by atoms with Crippen LogP contribution in [0.2, 0.25) is 0 Å². The fourth-order valence-electron chi connectivity index (χ4n) is 2.69. The summed E-state index contributed by atoms with van der Waals surface area (Å²) in [5.41, 5.74) is 0. The summed E-state index contributed by atoms with van der Waals surface area (Å²) in [5.74, 6) is 1.25. The second-order valence-electron chi connectivity index (χ2n) is 5.57. The van der Waals surface area contributed by atoms with Crippen LogP contribution < -0.4 is 4.74 Å². The van der Waals surface area contributed by atoms with Gasteiger partial charge in [0.25, 0.3) is 5.91 Å². The Morgan fingerprint density at radius 1 is 1.54 bits per heavy atom. The molecular formula is C16H21N5O3. The Labute approximate surface area is 140 Å². The summed E-state index contributed by atoms with van der Waals surface area (Å²) in [6.07, 6.45) is 4.08. The first-order valence-electron chi connectivity index (χ1n) is 8.03. The first kappa shape index (κ1) is 16.4. The molecule has 0 aliphatic carbocycles. The topological polar surface area (TPSA) is 82.4 Å². The number of rotatable bonds is 5. The van der Waals surface area contributed by atoms with Gasteiger partial charge in [-0.3, -0.25) is 9.78 Å². The van der Waals surface area contributed by atoms with Crippen molar-refractivity contribution in [1.82, 2.24) is 24.6 Å². The Hall–Kier alpha value is -2.48. The molecule has 0 saturated carbocycles. The lowest BCUT2D eigenvalue weighted by molar-refractivity contribution is -0.146. The van der Waals surface area contributed by atoms with E-state index in [1.165, 1.54) is 0 Å². The molecule has 2 atom stereocenters. The number of pyridine rings is 1. The van der Waals surface area contributed by atoms with E-state index in [9.17, 15) is 4.79 Å². The highest BCUT2D eigenvalue weighted by Crippen LogP contribution is 2.21. The minimum atomic E-state index is -0.586. The van der Waals surface area contributed by atoms with Crippen molar-refractivity contribution in [2.24, 2.45) is 0 Å². The number of aromatic nitrogens is 4. The first-order valence-corrected chi connectivity index (χ1v) is 8.03. The Balaban J connectivity index is 1.64. The van der Waals surface area contributed by atoms with Gasteiger partial charge in [-0.1, -0.05) is 0 Å². The minimum Gasteiger partial charge on any atom is -0.479 e. The van der Waals surface area contributed by atoms with Crippen LogP contribution in [-0.2, 0) is 16.1 Å². The minimum absolute atomic E-state index is 0.0743. The second kappa shape index (κ2) is 7.39. The molecule has 0 radical (unpaired) electrons. The lowest BCUT2D eigenvalue weighted by Crippen LogP contribution is -2.47. The average Bonchev–Trinajstić information content (AvgIpc) is 3.11. The Kier molecular flexibility index (Phi) is 5.05. The Morgan fingerprint density at radius 2 is 2.42 bits per heavy atom. The van der Waals surface area contributed by atoms with Crippen LogP contribution in [0.5, 0.6) is 5.75 Å². The molecule has 2 aromatic rings. The normalized spacial score (nSPS) is 19.1. The van der Waals surface area contributed by atoms with Gasteiger partial charge in [-0.15, -0.1) is 10.2 Å². The maximum Gasteiger partial charge on any atom is 0.263 e. The molecule has 128 valence electrons. The highest BCUT2D eigenvalue weighted by molar-refractivity contribution is 5.81. The summed E-state index contributed by atoms with van der Waals surface area (Å²) in [5, 5.41) is 8.05. The number of nitrogens with zero attached hydrogens (tertiary/aromatic N) is 5. The quantitative estimate of drug-likeness (QED) is 0.815. The van der Waals surface area contributed by atoms with Crippen molar-refractivity contribution in [2.45, 2.75) is 32.6 Å². The van der Waals surface area contributed by atoms with E-state index in [1.807, 2.05) is 11.5 Å². The van der Waals surface area contributed by atoms with Gasteiger partial charge in [0.05, 0.1) is 19.3 Å². The molecule has 0 N–H and O–H groups in total. The van der Waals surface area contributed by atoms with Crippen molar-refractivity contribution in [3.8, 4) is 5.75 Å². The molecule has 8 nitrogen and oxygen atoms in total. The maximum atomic E-state index is 12.7. The van der Waals surface area contributed by atoms with Crippen LogP contribution in [0.1, 0.15) is 25.8 Å². The molecule has 3 heterocycles. The van der Waals surface area contributed by atoms with E-state index in [4.69, 9.17) is 9.47 Å². The van der Waals surface area contributed by atoms with E-state index in [0.29, 0.717) is 25.4 Å². The van der Waals surface area contributed by atoms with Gasteiger partial charge in [-0.2, -0.15) is 0 Å². The lowest BCUT2D eigenvalue weighted by Gasteiger charge is -2.33. The summed E-state index contributed by atoms with van der Waals surface area (Å²) in [6.45, 7) is 5.97. The molecule has 0 spiro atoms. The van der Waals surface area contributed by atoms with E-state index >= 15 is 0 Å². The molecule has 1 fully saturated rings. The van der Waals surface area contributed by atoms with Crippen LogP contribution in [0.25, 0.3) is 0 Å². The molecule has 0 unspecified atom stereocenters. The van der Waals surface area contributed by atoms with Crippen LogP contribution in [0.15, 0.2) is 30.9 Å². The maximum absolute atomic E-state index is 12.7. The van der Waals surface area contributed by atoms with Gasteiger partial charge in [-0.25, -0.2) is 0 Å². The van der Waals surface area contributed by atoms with Gasteiger partial charge in [0.15, 0.2) is 11.9 Å². The monoisotopic (exact) mass is 331 g/mol. The number of morpholine rings is 1. The Bertz CT molecular complexity index is 675. The van der Waals surface area contributed by atoms with Crippen LogP contribution in [0.4, 0.5) is 0 Å². The fourth-order valence-corrected chi connectivity index (χ4v) is 2.69. The third kappa shape index (κ3) is 3.53. The van der Waals surface area contributed by atoms with Crippen molar-refractivity contribution in [3.05, 3.63) is 36.7 Å². The van der Waals surface area contributed by atoms with E-state index in [1.54, 1.807) is 42.7 Å². The molecule has 2 aromatic heterocycles. The summed E-state index contributed by atoms with van der Waals surface area (Å²) < 4.78 is 13.4. The highest BCUT2D eigenvalue weighted by atomic mass is 16.5. The van der Waals surface area contributed by atoms with Gasteiger partial charge < -0.3 is 18.9 Å². The molecule has 1 aliphatic rings. The number of carbonyl (C=O) groups excluding carboxylic acids is 1. The highest BCUT2D eigenvalue weighted by Gasteiger charge is 2.31. The summed E-state index contributed by atoms with van der Waals surface area (Å²) >= 11 is 0. The second-order valence-corrected chi connectivity index (χ2v) is 5.57. The first-order chi connectivity index (χ1) is 11.7. The number of carbonyl (C=O) groups is 1. The molecule has 0 bridgehead atoms. The van der Waals surface area contributed by atoms with E-state index in [-0.39, 0.29) is 12.0 Å². The zero-order chi connectivity index (χ0) is 16.9. The van der Waals surface area contributed by atoms with Gasteiger partial charge in [0, 0.05) is 19.3 Å². The summed E-state index contributed by atoms with van der Waals surface area (Å²) in [7, 11) is 0. The molecule has 1 amide bonds. The number of aryl methyl sites for hydroxylation is 1. The molecule has 24 heavy (non-hydrogen) atoms. The summed E-state index contributed by atoms with van der Waals surface area (Å²) in [6, 6.07) is 3.55. The number of hydrogen-bond donors (Lipinski definition) is 0. The van der Waals surface area contributed by atoms with Crippen LogP contribution in [0, 0.1) is 0 Å². The van der Waals surface area contributed by atoms with Crippen LogP contribution in [-0.4, -0.2) is 56.4 Å². The molecule has 1 saturated heterocycles. The van der Waals surface area contributed by atoms with E-state index in [0.717, 1.165) is 12.4 Å². The van der Waals surface area contributed by atoms with Crippen molar-refractivity contribution >= 4 is 5.91 Å². The van der Waals surface area contributed by atoms with E-state index < -0.39 is 6.10 Å². The largest absolute Gasteiger partial charge is 0.479 e. The predicted octanol–water partition coefficient (Wildman–Crippen LogP) is 1.06. The van der Waals surface area contributed by atoms with Crippen molar-refractivity contribution in [3.63, 3.8) is 0 Å². The lowest BCUT2D eigenvalue weighted by atomic mass is 10.2. The molecule has 3 rings (SSSR count). The smallest absolute Gasteiger partial charge is 0.263 e. The predicted molar refractivity (Wildman–Crippen MR) is 85.3 cm³/mol. The zero-order valence-electron chi connectivity index (χ0n) is 13.8. The van der Waals surface area contributed by atoms with Gasteiger partial charge in [-0.05, 0) is 26.0 Å². The van der Waals surface area contributed by atoms with Crippen molar-refractivity contribution in [1.29, 1.82) is 0 Å². The van der Waals surface area contributed by atoms with Gasteiger partial charge in [0.2, 0.25) is 0 Å². The van der Waals surface area contributed by atoms with Crippen molar-refractivity contribution in [2.75, 3.05) is 19.7 Å². The van der Waals surface area contributed by atoms with Gasteiger partial charge >= 0.3 is 0 Å². The van der Waals surface area contributed by atoms with Gasteiger partial charge in [0.1, 0.15) is 18.2 Å². The number of ether oxygens (including phenoxy) is 2.